The van der Waals surface area contributed by atoms with E-state index in [4.69, 9.17) is 4.74 Å². The molecule has 1 aromatic carbocycles. The van der Waals surface area contributed by atoms with Crippen LogP contribution in [0.25, 0.3) is 0 Å². The van der Waals surface area contributed by atoms with Crippen molar-refractivity contribution in [3.8, 4) is 0 Å². The molecule has 9 nitrogen and oxygen atoms in total. The molecule has 0 radical (unpaired) electrons. The molecule has 1 atom stereocenters. The largest absolute Gasteiger partial charge is 0.379 e. The van der Waals surface area contributed by atoms with E-state index in [1.807, 2.05) is 0 Å². The van der Waals surface area contributed by atoms with E-state index in [0.29, 0.717) is 25.7 Å². The van der Waals surface area contributed by atoms with E-state index >= 15 is 0 Å². The van der Waals surface area contributed by atoms with Crippen molar-refractivity contribution >= 4 is 17.5 Å². The van der Waals surface area contributed by atoms with Crippen molar-refractivity contribution in [2.24, 2.45) is 0 Å². The average Bonchev–Trinajstić information content (AvgIpc) is 3.54. The van der Waals surface area contributed by atoms with Crippen LogP contribution >= 0.6 is 0 Å². The second-order valence-electron chi connectivity index (χ2n) is 7.56. The molecule has 0 amide bonds. The Morgan fingerprint density at radius 2 is 2.00 bits per heavy atom. The first-order valence-electron chi connectivity index (χ1n) is 10.0. The molecule has 2 N–H and O–H groups in total. The number of morpholine rings is 1. The topological polar surface area (TPSA) is 105 Å². The van der Waals surface area contributed by atoms with E-state index in [2.05, 4.69) is 56.7 Å². The van der Waals surface area contributed by atoms with Crippen LogP contribution in [0.5, 0.6) is 0 Å². The second kappa shape index (κ2) is 8.71. The van der Waals surface area contributed by atoms with Gasteiger partial charge >= 0.3 is 5.69 Å². The minimum Gasteiger partial charge on any atom is -0.379 e. The number of aromatic nitrogens is 2. The van der Waals surface area contributed by atoms with Crippen molar-refractivity contribution in [1.29, 1.82) is 0 Å². The van der Waals surface area contributed by atoms with Gasteiger partial charge in [-0.1, -0.05) is 29.8 Å². The van der Waals surface area contributed by atoms with Crippen LogP contribution in [0.4, 0.5) is 17.5 Å². The van der Waals surface area contributed by atoms with Gasteiger partial charge in [-0.25, -0.2) is 4.98 Å². The molecule has 1 saturated carbocycles. The highest BCUT2D eigenvalue weighted by Crippen LogP contribution is 2.30. The Labute approximate surface area is 169 Å². The number of ether oxygens (including phenoxy) is 1. The Bertz CT molecular complexity index is 850. The maximum absolute atomic E-state index is 11.3. The molecule has 154 valence electrons. The molecule has 1 aliphatic heterocycles. The summed E-state index contributed by atoms with van der Waals surface area (Å²) in [4.78, 5) is 21.8. The second-order valence-corrected chi connectivity index (χ2v) is 7.56. The number of aryl methyl sites for hydroxylation is 1. The first kappa shape index (κ1) is 19.5. The monoisotopic (exact) mass is 398 g/mol. The molecular formula is C20H26N6O3. The van der Waals surface area contributed by atoms with Gasteiger partial charge in [0.15, 0.2) is 0 Å². The van der Waals surface area contributed by atoms with Gasteiger partial charge in [-0.05, 0) is 25.3 Å². The fourth-order valence-electron chi connectivity index (χ4n) is 3.44. The molecule has 2 heterocycles. The maximum atomic E-state index is 11.3. The SMILES string of the molecule is Cc1ccc(C(CNc2ncc([N+](=O)[O-])c(NC3CC3)n2)N2CCOCC2)cc1. The van der Waals surface area contributed by atoms with E-state index in [9.17, 15) is 10.1 Å². The number of nitrogens with zero attached hydrogens (tertiary/aromatic N) is 4. The molecular weight excluding hydrogens is 372 g/mol. The van der Waals surface area contributed by atoms with Gasteiger partial charge in [-0.3, -0.25) is 15.0 Å². The lowest BCUT2D eigenvalue weighted by Gasteiger charge is -2.35. The van der Waals surface area contributed by atoms with E-state index in [1.165, 1.54) is 17.3 Å². The molecule has 0 spiro atoms. The predicted octanol–water partition coefficient (Wildman–Crippen LogP) is 2.75. The van der Waals surface area contributed by atoms with Crippen LogP contribution in [0.2, 0.25) is 0 Å². The summed E-state index contributed by atoms with van der Waals surface area (Å²) in [6.07, 6.45) is 3.29. The van der Waals surface area contributed by atoms with E-state index in [1.54, 1.807) is 0 Å². The molecule has 29 heavy (non-hydrogen) atoms. The van der Waals surface area contributed by atoms with Gasteiger partial charge < -0.3 is 15.4 Å². The fourth-order valence-corrected chi connectivity index (χ4v) is 3.44. The summed E-state index contributed by atoms with van der Waals surface area (Å²) in [7, 11) is 0. The van der Waals surface area contributed by atoms with Crippen LogP contribution in [0, 0.1) is 17.0 Å². The molecule has 1 unspecified atom stereocenters. The fraction of sp³-hybridized carbons (Fsp3) is 0.500. The summed E-state index contributed by atoms with van der Waals surface area (Å²) < 4.78 is 5.50. The third kappa shape index (κ3) is 4.99. The lowest BCUT2D eigenvalue weighted by Crippen LogP contribution is -2.41. The Morgan fingerprint density at radius 3 is 2.66 bits per heavy atom. The Hall–Kier alpha value is -2.78. The van der Waals surface area contributed by atoms with Crippen molar-refractivity contribution in [2.75, 3.05) is 43.5 Å². The van der Waals surface area contributed by atoms with Crippen molar-refractivity contribution in [3.63, 3.8) is 0 Å². The number of nitrogens with one attached hydrogen (secondary N) is 2. The van der Waals surface area contributed by atoms with Crippen molar-refractivity contribution in [3.05, 3.63) is 51.7 Å². The van der Waals surface area contributed by atoms with Gasteiger partial charge in [-0.15, -0.1) is 0 Å². The number of anilines is 2. The lowest BCUT2D eigenvalue weighted by atomic mass is 10.0. The van der Waals surface area contributed by atoms with Crippen molar-refractivity contribution in [2.45, 2.75) is 31.8 Å². The molecule has 1 saturated heterocycles. The predicted molar refractivity (Wildman–Crippen MR) is 110 cm³/mol. The minimum atomic E-state index is -0.447. The molecule has 0 bridgehead atoms. The summed E-state index contributed by atoms with van der Waals surface area (Å²) in [5.41, 5.74) is 2.34. The Balaban J connectivity index is 1.51. The maximum Gasteiger partial charge on any atom is 0.329 e. The van der Waals surface area contributed by atoms with Crippen LogP contribution in [-0.4, -0.2) is 58.7 Å². The first-order chi connectivity index (χ1) is 14.1. The van der Waals surface area contributed by atoms with Gasteiger partial charge in [0.05, 0.1) is 24.2 Å². The molecule has 1 aromatic heterocycles. The first-order valence-corrected chi connectivity index (χ1v) is 10.0. The zero-order valence-electron chi connectivity index (χ0n) is 16.5. The van der Waals surface area contributed by atoms with Crippen LogP contribution in [0.15, 0.2) is 30.5 Å². The lowest BCUT2D eigenvalue weighted by molar-refractivity contribution is -0.384. The summed E-state index contributed by atoms with van der Waals surface area (Å²) in [6.45, 7) is 5.82. The van der Waals surface area contributed by atoms with E-state index in [0.717, 1.165) is 25.9 Å². The molecule has 9 heteroatoms. The minimum absolute atomic E-state index is 0.0919. The summed E-state index contributed by atoms with van der Waals surface area (Å²) in [5.74, 6) is 0.678. The van der Waals surface area contributed by atoms with Crippen molar-refractivity contribution < 1.29 is 9.66 Å². The van der Waals surface area contributed by atoms with Gasteiger partial charge in [-0.2, -0.15) is 4.98 Å². The Morgan fingerprint density at radius 1 is 1.28 bits per heavy atom. The third-order valence-corrected chi connectivity index (χ3v) is 5.29. The Kier molecular flexibility index (Phi) is 5.86. The van der Waals surface area contributed by atoms with Crippen LogP contribution in [-0.2, 0) is 4.74 Å². The molecule has 2 fully saturated rings. The number of hydrogen-bond donors (Lipinski definition) is 2. The van der Waals surface area contributed by atoms with Crippen LogP contribution < -0.4 is 10.6 Å². The van der Waals surface area contributed by atoms with Gasteiger partial charge in [0.2, 0.25) is 11.8 Å². The summed E-state index contributed by atoms with van der Waals surface area (Å²) in [6, 6.07) is 8.93. The highest BCUT2D eigenvalue weighted by Gasteiger charge is 2.27. The van der Waals surface area contributed by atoms with E-state index in [-0.39, 0.29) is 23.6 Å². The number of hydrogen-bond acceptors (Lipinski definition) is 8. The van der Waals surface area contributed by atoms with Crippen LogP contribution in [0.1, 0.15) is 30.0 Å². The summed E-state index contributed by atoms with van der Waals surface area (Å²) in [5, 5.41) is 17.7. The average molecular weight is 398 g/mol. The number of benzene rings is 1. The van der Waals surface area contributed by atoms with Gasteiger partial charge in [0, 0.05) is 25.7 Å². The van der Waals surface area contributed by atoms with Gasteiger partial charge in [0.1, 0.15) is 6.20 Å². The zero-order chi connectivity index (χ0) is 20.2. The zero-order valence-corrected chi connectivity index (χ0v) is 16.5. The molecule has 4 rings (SSSR count). The molecule has 1 aliphatic carbocycles. The molecule has 2 aromatic rings. The quantitative estimate of drug-likeness (QED) is 0.517. The smallest absolute Gasteiger partial charge is 0.329 e. The summed E-state index contributed by atoms with van der Waals surface area (Å²) >= 11 is 0. The normalized spacial score (nSPS) is 18.2. The highest BCUT2D eigenvalue weighted by atomic mass is 16.6. The number of nitro groups is 1. The van der Waals surface area contributed by atoms with Gasteiger partial charge in [0.25, 0.3) is 0 Å². The van der Waals surface area contributed by atoms with Crippen molar-refractivity contribution in [1.82, 2.24) is 14.9 Å². The standard InChI is InChI=1S/C20H26N6O3/c1-14-2-4-15(5-3-14)17(25-8-10-29-11-9-25)12-21-20-22-13-18(26(27)28)19(24-20)23-16-6-7-16/h2-5,13,16-17H,6-12H2,1H3,(H2,21,22,23,24). The number of rotatable bonds is 8. The third-order valence-electron chi connectivity index (χ3n) is 5.29. The highest BCUT2D eigenvalue weighted by molar-refractivity contribution is 5.58. The van der Waals surface area contributed by atoms with E-state index < -0.39 is 4.92 Å². The van der Waals surface area contributed by atoms with Crippen LogP contribution in [0.3, 0.4) is 0 Å². The molecule has 2 aliphatic rings.